The molecule has 0 fully saturated rings. The lowest BCUT2D eigenvalue weighted by Gasteiger charge is -2.08. The van der Waals surface area contributed by atoms with E-state index in [2.05, 4.69) is 10.2 Å². The van der Waals surface area contributed by atoms with Crippen molar-refractivity contribution in [3.05, 3.63) is 53.8 Å². The maximum atomic E-state index is 13.0. The highest BCUT2D eigenvalue weighted by molar-refractivity contribution is 7.99. The van der Waals surface area contributed by atoms with Gasteiger partial charge in [0.15, 0.2) is 17.3 Å². The van der Waals surface area contributed by atoms with E-state index in [9.17, 15) is 9.18 Å². The molecule has 0 spiro atoms. The Morgan fingerprint density at radius 1 is 1.08 bits per heavy atom. The van der Waals surface area contributed by atoms with E-state index in [1.54, 1.807) is 30.3 Å². The maximum Gasteiger partial charge on any atom is 0.277 e. The van der Waals surface area contributed by atoms with Gasteiger partial charge >= 0.3 is 0 Å². The van der Waals surface area contributed by atoms with Crippen molar-refractivity contribution in [1.82, 2.24) is 10.2 Å². The molecule has 0 atom stereocenters. The topological polar surface area (TPSA) is 74.5 Å². The molecule has 0 bridgehead atoms. The highest BCUT2D eigenvalue weighted by atomic mass is 32.2. The van der Waals surface area contributed by atoms with Crippen LogP contribution in [0.15, 0.2) is 52.1 Å². The van der Waals surface area contributed by atoms with Crippen LogP contribution >= 0.6 is 11.8 Å². The zero-order chi connectivity index (χ0) is 18.5. The number of ether oxygens (including phenoxy) is 2. The molecule has 0 saturated carbocycles. The lowest BCUT2D eigenvalue weighted by molar-refractivity contribution is 0.102. The first-order valence-electron chi connectivity index (χ1n) is 7.58. The summed E-state index contributed by atoms with van der Waals surface area (Å²) >= 11 is 1.13. The first kappa shape index (κ1) is 17.9. The number of carbonyl (C=O) groups is 1. The van der Waals surface area contributed by atoms with Gasteiger partial charge in [-0.15, -0.1) is 10.2 Å². The van der Waals surface area contributed by atoms with Crippen LogP contribution in [0.2, 0.25) is 0 Å². The van der Waals surface area contributed by atoms with Crippen molar-refractivity contribution < 1.29 is 23.1 Å². The van der Waals surface area contributed by atoms with Crippen LogP contribution in [0, 0.1) is 5.82 Å². The van der Waals surface area contributed by atoms with Gasteiger partial charge < -0.3 is 13.9 Å². The summed E-state index contributed by atoms with van der Waals surface area (Å²) in [7, 11) is 3.04. The third-order valence-corrected chi connectivity index (χ3v) is 4.35. The van der Waals surface area contributed by atoms with E-state index in [4.69, 9.17) is 13.9 Å². The summed E-state index contributed by atoms with van der Waals surface area (Å²) in [5.41, 5.74) is 1.10. The van der Waals surface area contributed by atoms with E-state index < -0.39 is 0 Å². The van der Waals surface area contributed by atoms with Crippen molar-refractivity contribution in [1.29, 1.82) is 0 Å². The minimum absolute atomic E-state index is 0.113. The number of halogens is 1. The lowest BCUT2D eigenvalue weighted by atomic mass is 10.1. The Hall–Kier alpha value is -2.87. The average molecular weight is 374 g/mol. The number of aromatic nitrogens is 2. The van der Waals surface area contributed by atoms with Gasteiger partial charge in [-0.2, -0.15) is 0 Å². The predicted molar refractivity (Wildman–Crippen MR) is 94.3 cm³/mol. The Labute approximate surface area is 153 Å². The molecule has 0 aliphatic rings. The molecular formula is C18H15FN2O4S. The third-order valence-electron chi connectivity index (χ3n) is 3.53. The van der Waals surface area contributed by atoms with Crippen molar-refractivity contribution in [2.45, 2.75) is 5.22 Å². The van der Waals surface area contributed by atoms with Crippen molar-refractivity contribution in [2.75, 3.05) is 20.0 Å². The Morgan fingerprint density at radius 2 is 1.81 bits per heavy atom. The summed E-state index contributed by atoms with van der Waals surface area (Å²) in [6, 6.07) is 10.7. The molecule has 0 unspecified atom stereocenters. The molecule has 1 heterocycles. The number of nitrogens with zero attached hydrogens (tertiary/aromatic N) is 2. The molecule has 3 aromatic rings. The summed E-state index contributed by atoms with van der Waals surface area (Å²) in [6.07, 6.45) is 0. The van der Waals surface area contributed by atoms with E-state index in [0.717, 1.165) is 11.8 Å². The Balaban J connectivity index is 1.66. The predicted octanol–water partition coefficient (Wildman–Crippen LogP) is 3.87. The fourth-order valence-electron chi connectivity index (χ4n) is 2.20. The molecule has 134 valence electrons. The Kier molecular flexibility index (Phi) is 5.52. The van der Waals surface area contributed by atoms with Gasteiger partial charge in [0, 0.05) is 11.1 Å². The second kappa shape index (κ2) is 8.01. The molecule has 0 aliphatic heterocycles. The fourth-order valence-corrected chi connectivity index (χ4v) is 2.86. The SMILES string of the molecule is COc1ccc(C(=O)CSc2nnc(-c3ccc(F)cc3)o2)cc1OC. The number of hydrogen-bond donors (Lipinski definition) is 0. The first-order valence-corrected chi connectivity index (χ1v) is 8.56. The van der Waals surface area contributed by atoms with Gasteiger partial charge in [-0.1, -0.05) is 11.8 Å². The van der Waals surface area contributed by atoms with Crippen LogP contribution in [0.5, 0.6) is 11.5 Å². The summed E-state index contributed by atoms with van der Waals surface area (Å²) < 4.78 is 28.8. The summed E-state index contributed by atoms with van der Waals surface area (Å²) in [5, 5.41) is 8.07. The number of carbonyl (C=O) groups excluding carboxylic acids is 1. The van der Waals surface area contributed by atoms with Gasteiger partial charge in [0.1, 0.15) is 5.82 Å². The molecule has 0 aliphatic carbocycles. The summed E-state index contributed by atoms with van der Waals surface area (Å²) in [5.74, 6) is 0.977. The molecule has 0 radical (unpaired) electrons. The Bertz CT molecular complexity index is 912. The van der Waals surface area contributed by atoms with Crippen molar-refractivity contribution in [3.63, 3.8) is 0 Å². The van der Waals surface area contributed by atoms with Crippen molar-refractivity contribution in [2.24, 2.45) is 0 Å². The molecule has 0 amide bonds. The number of benzene rings is 2. The van der Waals surface area contributed by atoms with E-state index >= 15 is 0 Å². The zero-order valence-electron chi connectivity index (χ0n) is 14.1. The first-order chi connectivity index (χ1) is 12.6. The molecule has 1 aromatic heterocycles. The van der Waals surface area contributed by atoms with Crippen LogP contribution < -0.4 is 9.47 Å². The second-order valence-corrected chi connectivity index (χ2v) is 6.09. The standard InChI is InChI=1S/C18H15FN2O4S/c1-23-15-8-5-12(9-16(15)24-2)14(22)10-26-18-21-20-17(25-18)11-3-6-13(19)7-4-11/h3-9H,10H2,1-2H3. The van der Waals surface area contributed by atoms with E-state index in [0.29, 0.717) is 22.6 Å². The number of Topliss-reactive ketones (excluding diaryl/α,β-unsaturated/α-hetero) is 1. The van der Waals surface area contributed by atoms with Crippen LogP contribution in [0.25, 0.3) is 11.5 Å². The summed E-state index contributed by atoms with van der Waals surface area (Å²) in [6.45, 7) is 0. The van der Waals surface area contributed by atoms with E-state index in [1.165, 1.54) is 26.4 Å². The minimum Gasteiger partial charge on any atom is -0.493 e. The van der Waals surface area contributed by atoms with Crippen LogP contribution in [0.1, 0.15) is 10.4 Å². The number of thioether (sulfide) groups is 1. The van der Waals surface area contributed by atoms with Crippen LogP contribution in [-0.4, -0.2) is 36.0 Å². The van der Waals surface area contributed by atoms with Gasteiger partial charge in [-0.3, -0.25) is 4.79 Å². The van der Waals surface area contributed by atoms with E-state index in [1.807, 2.05) is 0 Å². The number of methoxy groups -OCH3 is 2. The highest BCUT2D eigenvalue weighted by Gasteiger charge is 2.14. The van der Waals surface area contributed by atoms with Gasteiger partial charge in [0.25, 0.3) is 5.22 Å². The molecule has 0 saturated heterocycles. The van der Waals surface area contributed by atoms with Crippen LogP contribution in [0.3, 0.4) is 0 Å². The molecular weight excluding hydrogens is 359 g/mol. The van der Waals surface area contributed by atoms with Crippen LogP contribution in [0.4, 0.5) is 4.39 Å². The molecule has 2 aromatic carbocycles. The lowest BCUT2D eigenvalue weighted by Crippen LogP contribution is -2.03. The number of ketones is 1. The van der Waals surface area contributed by atoms with Gasteiger partial charge in [0.2, 0.25) is 5.89 Å². The van der Waals surface area contributed by atoms with Crippen molar-refractivity contribution in [3.8, 4) is 23.0 Å². The smallest absolute Gasteiger partial charge is 0.277 e. The molecule has 26 heavy (non-hydrogen) atoms. The van der Waals surface area contributed by atoms with Gasteiger partial charge in [0.05, 0.1) is 20.0 Å². The fraction of sp³-hybridized carbons (Fsp3) is 0.167. The monoisotopic (exact) mass is 374 g/mol. The molecule has 8 heteroatoms. The average Bonchev–Trinajstić information content (AvgIpc) is 3.15. The van der Waals surface area contributed by atoms with Gasteiger partial charge in [-0.05, 0) is 42.5 Å². The minimum atomic E-state index is -0.344. The molecule has 3 rings (SSSR count). The third kappa shape index (κ3) is 4.02. The quantitative estimate of drug-likeness (QED) is 0.459. The Morgan fingerprint density at radius 3 is 2.50 bits per heavy atom. The molecule has 6 nitrogen and oxygen atoms in total. The normalized spacial score (nSPS) is 10.6. The zero-order valence-corrected chi connectivity index (χ0v) is 14.9. The maximum absolute atomic E-state index is 13.0. The second-order valence-electron chi connectivity index (χ2n) is 5.16. The summed E-state index contributed by atoms with van der Waals surface area (Å²) in [4.78, 5) is 12.4. The number of rotatable bonds is 7. The number of hydrogen-bond acceptors (Lipinski definition) is 7. The highest BCUT2D eigenvalue weighted by Crippen LogP contribution is 2.29. The van der Waals surface area contributed by atoms with Crippen LogP contribution in [-0.2, 0) is 0 Å². The van der Waals surface area contributed by atoms with Crippen molar-refractivity contribution >= 4 is 17.5 Å². The largest absolute Gasteiger partial charge is 0.493 e. The van der Waals surface area contributed by atoms with E-state index in [-0.39, 0.29) is 28.5 Å². The van der Waals surface area contributed by atoms with Gasteiger partial charge in [-0.25, -0.2) is 4.39 Å². The molecule has 0 N–H and O–H groups in total.